The van der Waals surface area contributed by atoms with Gasteiger partial charge < -0.3 is 9.63 Å². The first-order valence-corrected chi connectivity index (χ1v) is 8.58. The number of aromatic nitrogens is 2. The summed E-state index contributed by atoms with van der Waals surface area (Å²) < 4.78 is 20.1. The molecule has 0 bridgehead atoms. The second-order valence-electron chi connectivity index (χ2n) is 6.92. The van der Waals surface area contributed by atoms with Gasteiger partial charge in [-0.1, -0.05) is 11.2 Å². The van der Waals surface area contributed by atoms with Crippen molar-refractivity contribution >= 4 is 5.97 Å². The zero-order chi connectivity index (χ0) is 20.0. The zero-order valence-corrected chi connectivity index (χ0v) is 16.2. The van der Waals surface area contributed by atoms with Crippen LogP contribution in [0.4, 0.5) is 4.39 Å². The fraction of sp³-hybridized carbons (Fsp3) is 0.286. The maximum absolute atomic E-state index is 14.8. The zero-order valence-electron chi connectivity index (χ0n) is 16.2. The number of hydrogen-bond acceptors (Lipinski definition) is 4. The van der Waals surface area contributed by atoms with Crippen LogP contribution in [0.15, 0.2) is 16.7 Å². The van der Waals surface area contributed by atoms with Crippen molar-refractivity contribution in [1.29, 1.82) is 0 Å². The first-order chi connectivity index (χ1) is 12.6. The highest BCUT2D eigenvalue weighted by molar-refractivity contribution is 5.94. The number of aromatic carboxylic acids is 1. The molecular weight excluding hydrogens is 347 g/mol. The Kier molecular flexibility index (Phi) is 4.59. The molecule has 0 aliphatic rings. The van der Waals surface area contributed by atoms with Crippen LogP contribution in [-0.2, 0) is 0 Å². The summed E-state index contributed by atoms with van der Waals surface area (Å²) in [7, 11) is 0. The molecule has 0 radical (unpaired) electrons. The molecule has 0 amide bonds. The van der Waals surface area contributed by atoms with Crippen LogP contribution in [-0.4, -0.2) is 21.2 Å². The average Bonchev–Trinajstić information content (AvgIpc) is 3.05. The Morgan fingerprint density at radius 1 is 0.963 bits per heavy atom. The Labute approximate surface area is 156 Å². The molecule has 0 unspecified atom stereocenters. The molecule has 2 aromatic carbocycles. The fourth-order valence-electron chi connectivity index (χ4n) is 3.34. The van der Waals surface area contributed by atoms with Gasteiger partial charge in [-0.15, -0.1) is 0 Å². The van der Waals surface area contributed by atoms with Gasteiger partial charge in [-0.05, 0) is 81.0 Å². The summed E-state index contributed by atoms with van der Waals surface area (Å²) >= 11 is 0. The average molecular weight is 368 g/mol. The normalized spacial score (nSPS) is 11.1. The lowest BCUT2D eigenvalue weighted by Crippen LogP contribution is -2.06. The molecule has 0 atom stereocenters. The van der Waals surface area contributed by atoms with Crippen LogP contribution in [0.3, 0.4) is 0 Å². The Morgan fingerprint density at radius 2 is 1.59 bits per heavy atom. The van der Waals surface area contributed by atoms with E-state index in [1.54, 1.807) is 27.7 Å². The number of carboxylic acid groups (broad SMARTS) is 1. The summed E-state index contributed by atoms with van der Waals surface area (Å²) in [6, 6.07) is 3.71. The molecule has 5 nitrogen and oxygen atoms in total. The van der Waals surface area contributed by atoms with E-state index in [0.717, 1.165) is 11.1 Å². The van der Waals surface area contributed by atoms with Crippen LogP contribution in [0, 0.1) is 47.4 Å². The summed E-state index contributed by atoms with van der Waals surface area (Å²) in [6.45, 7) is 10.7. The van der Waals surface area contributed by atoms with Crippen LogP contribution >= 0.6 is 0 Å². The van der Waals surface area contributed by atoms with Crippen LogP contribution in [0.25, 0.3) is 22.8 Å². The molecule has 3 aromatic rings. The summed E-state index contributed by atoms with van der Waals surface area (Å²) in [5.41, 5.74) is 5.21. The molecule has 1 N–H and O–H groups in total. The number of carboxylic acids is 1. The van der Waals surface area contributed by atoms with Crippen molar-refractivity contribution in [2.45, 2.75) is 41.5 Å². The molecule has 0 spiro atoms. The van der Waals surface area contributed by atoms with Crippen molar-refractivity contribution in [3.8, 4) is 22.8 Å². The van der Waals surface area contributed by atoms with E-state index in [-0.39, 0.29) is 28.7 Å². The maximum Gasteiger partial charge on any atom is 0.336 e. The SMILES string of the molecule is Cc1cc(C)c(-c2nc(-c3cc(C)c(C)c(C(=O)O)c3C)no2)c(F)c1C. The number of hydrogen-bond donors (Lipinski definition) is 1. The Morgan fingerprint density at radius 3 is 2.22 bits per heavy atom. The van der Waals surface area contributed by atoms with Crippen LogP contribution < -0.4 is 0 Å². The van der Waals surface area contributed by atoms with Crippen molar-refractivity contribution in [3.05, 3.63) is 56.9 Å². The maximum atomic E-state index is 14.8. The molecule has 3 rings (SSSR count). The minimum atomic E-state index is -1.00. The van der Waals surface area contributed by atoms with Gasteiger partial charge in [-0.25, -0.2) is 9.18 Å². The van der Waals surface area contributed by atoms with Crippen molar-refractivity contribution < 1.29 is 18.8 Å². The van der Waals surface area contributed by atoms with Crippen molar-refractivity contribution in [2.75, 3.05) is 0 Å². The third-order valence-corrected chi connectivity index (χ3v) is 5.17. The molecule has 0 fully saturated rings. The van der Waals surface area contributed by atoms with E-state index in [2.05, 4.69) is 10.1 Å². The minimum absolute atomic E-state index is 0.0811. The molecule has 140 valence electrons. The van der Waals surface area contributed by atoms with Gasteiger partial charge in [-0.3, -0.25) is 0 Å². The first-order valence-electron chi connectivity index (χ1n) is 8.58. The first kappa shape index (κ1) is 18.8. The van der Waals surface area contributed by atoms with E-state index < -0.39 is 5.97 Å². The standard InChI is InChI=1S/C21H21FN2O3/c1-9-7-11(3)16(18(22)13(9)5)20-23-19(24-27-20)15-8-10(2)12(4)17(14(15)6)21(25)26/h7-8H,1-6H3,(H,25,26). The third kappa shape index (κ3) is 3.01. The molecule has 1 aromatic heterocycles. The molecule has 6 heteroatoms. The van der Waals surface area contributed by atoms with Crippen molar-refractivity contribution in [1.82, 2.24) is 10.1 Å². The predicted octanol–water partition coefficient (Wildman–Crippen LogP) is 5.09. The lowest BCUT2D eigenvalue weighted by atomic mass is 9.93. The lowest BCUT2D eigenvalue weighted by Gasteiger charge is -2.12. The Balaban J connectivity index is 2.19. The number of benzene rings is 2. The fourth-order valence-corrected chi connectivity index (χ4v) is 3.34. The molecular formula is C21H21FN2O3. The molecule has 0 saturated carbocycles. The van der Waals surface area contributed by atoms with Crippen LogP contribution in [0.5, 0.6) is 0 Å². The number of aryl methyl sites for hydroxylation is 3. The number of halogens is 1. The topological polar surface area (TPSA) is 76.2 Å². The summed E-state index contributed by atoms with van der Waals surface area (Å²) in [5, 5.41) is 13.5. The van der Waals surface area contributed by atoms with E-state index >= 15 is 0 Å². The highest BCUT2D eigenvalue weighted by Crippen LogP contribution is 2.33. The highest BCUT2D eigenvalue weighted by atomic mass is 19.1. The van der Waals surface area contributed by atoms with Gasteiger partial charge >= 0.3 is 5.97 Å². The monoisotopic (exact) mass is 368 g/mol. The molecule has 1 heterocycles. The summed E-state index contributed by atoms with van der Waals surface area (Å²) in [5.74, 6) is -1.07. The molecule has 27 heavy (non-hydrogen) atoms. The van der Waals surface area contributed by atoms with Gasteiger partial charge in [0.1, 0.15) is 5.82 Å². The lowest BCUT2D eigenvalue weighted by molar-refractivity contribution is 0.0695. The smallest absolute Gasteiger partial charge is 0.336 e. The predicted molar refractivity (Wildman–Crippen MR) is 101 cm³/mol. The van der Waals surface area contributed by atoms with Gasteiger partial charge in [0, 0.05) is 5.56 Å². The second kappa shape index (κ2) is 6.61. The Hall–Kier alpha value is -3.02. The van der Waals surface area contributed by atoms with Crippen molar-refractivity contribution in [2.24, 2.45) is 0 Å². The largest absolute Gasteiger partial charge is 0.478 e. The van der Waals surface area contributed by atoms with Gasteiger partial charge in [0.15, 0.2) is 0 Å². The van der Waals surface area contributed by atoms with Gasteiger partial charge in [0.05, 0.1) is 11.1 Å². The number of nitrogens with zero attached hydrogens (tertiary/aromatic N) is 2. The van der Waals surface area contributed by atoms with Gasteiger partial charge in [-0.2, -0.15) is 4.98 Å². The molecule has 0 aliphatic heterocycles. The van der Waals surface area contributed by atoms with E-state index in [0.29, 0.717) is 27.8 Å². The van der Waals surface area contributed by atoms with Crippen LogP contribution in [0.1, 0.15) is 43.7 Å². The second-order valence-corrected chi connectivity index (χ2v) is 6.92. The van der Waals surface area contributed by atoms with Gasteiger partial charge in [0.2, 0.25) is 5.82 Å². The minimum Gasteiger partial charge on any atom is -0.478 e. The van der Waals surface area contributed by atoms with E-state index in [9.17, 15) is 14.3 Å². The summed E-state index contributed by atoms with van der Waals surface area (Å²) in [6.07, 6.45) is 0. The van der Waals surface area contributed by atoms with Crippen molar-refractivity contribution in [3.63, 3.8) is 0 Å². The van der Waals surface area contributed by atoms with E-state index in [1.807, 2.05) is 26.0 Å². The number of rotatable bonds is 3. The van der Waals surface area contributed by atoms with Gasteiger partial charge in [0.25, 0.3) is 5.89 Å². The Bertz CT molecular complexity index is 1080. The third-order valence-electron chi connectivity index (χ3n) is 5.17. The van der Waals surface area contributed by atoms with E-state index in [4.69, 9.17) is 4.52 Å². The van der Waals surface area contributed by atoms with Crippen LogP contribution in [0.2, 0.25) is 0 Å². The summed E-state index contributed by atoms with van der Waals surface area (Å²) in [4.78, 5) is 16.0. The van der Waals surface area contributed by atoms with E-state index in [1.165, 1.54) is 0 Å². The quantitative estimate of drug-likeness (QED) is 0.697. The molecule has 0 aliphatic carbocycles. The number of carbonyl (C=O) groups is 1. The highest BCUT2D eigenvalue weighted by Gasteiger charge is 2.23. The molecule has 0 saturated heterocycles.